The van der Waals surface area contributed by atoms with Gasteiger partial charge in [-0.25, -0.2) is 5.43 Å². The molecule has 0 bridgehead atoms. The van der Waals surface area contributed by atoms with E-state index in [2.05, 4.69) is 26.5 Å². The number of hydrazone groups is 1. The van der Waals surface area contributed by atoms with Crippen LogP contribution >= 0.6 is 15.9 Å². The topological polar surface area (TPSA) is 59.9 Å². The summed E-state index contributed by atoms with van der Waals surface area (Å²) in [6.07, 6.45) is -0.716. The van der Waals surface area contributed by atoms with E-state index < -0.39 is 6.10 Å². The van der Waals surface area contributed by atoms with E-state index in [-0.39, 0.29) is 12.5 Å². The molecule has 0 aliphatic carbocycles. The maximum absolute atomic E-state index is 12.2. The zero-order valence-electron chi connectivity index (χ0n) is 12.5. The Bertz CT molecular complexity index is 744. The van der Waals surface area contributed by atoms with Crippen molar-refractivity contribution < 1.29 is 14.3 Å². The van der Waals surface area contributed by atoms with Crippen molar-refractivity contribution in [3.05, 3.63) is 58.6 Å². The van der Waals surface area contributed by atoms with Gasteiger partial charge in [0.05, 0.1) is 5.71 Å². The molecule has 1 aliphatic heterocycles. The van der Waals surface area contributed by atoms with Crippen molar-refractivity contribution >= 4 is 27.5 Å². The lowest BCUT2D eigenvalue weighted by atomic mass is 10.1. The molecule has 6 heteroatoms. The van der Waals surface area contributed by atoms with Gasteiger partial charge in [0.1, 0.15) is 6.61 Å². The van der Waals surface area contributed by atoms with Gasteiger partial charge in [-0.15, -0.1) is 0 Å². The molecule has 1 atom stereocenters. The highest BCUT2D eigenvalue weighted by molar-refractivity contribution is 9.10. The molecule has 1 aliphatic rings. The van der Waals surface area contributed by atoms with Crippen LogP contribution in [0.5, 0.6) is 11.5 Å². The van der Waals surface area contributed by atoms with Gasteiger partial charge in [-0.2, -0.15) is 5.10 Å². The number of para-hydroxylation sites is 2. The van der Waals surface area contributed by atoms with Crippen molar-refractivity contribution in [3.8, 4) is 11.5 Å². The minimum Gasteiger partial charge on any atom is -0.485 e. The van der Waals surface area contributed by atoms with Crippen molar-refractivity contribution in [2.24, 2.45) is 5.10 Å². The number of halogens is 1. The molecule has 5 nitrogen and oxygen atoms in total. The molecule has 1 N–H and O–H groups in total. The van der Waals surface area contributed by atoms with Crippen molar-refractivity contribution in [1.82, 2.24) is 5.43 Å². The van der Waals surface area contributed by atoms with E-state index in [0.29, 0.717) is 17.2 Å². The van der Waals surface area contributed by atoms with Crippen LogP contribution in [0.4, 0.5) is 0 Å². The first kappa shape index (κ1) is 15.6. The zero-order valence-corrected chi connectivity index (χ0v) is 14.0. The first-order valence-electron chi connectivity index (χ1n) is 7.12. The van der Waals surface area contributed by atoms with Crippen molar-refractivity contribution in [2.75, 3.05) is 6.61 Å². The van der Waals surface area contributed by atoms with Gasteiger partial charge in [0.2, 0.25) is 6.10 Å². The van der Waals surface area contributed by atoms with Crippen molar-refractivity contribution in [3.63, 3.8) is 0 Å². The third-order valence-corrected chi connectivity index (χ3v) is 3.93. The Labute approximate surface area is 142 Å². The second kappa shape index (κ2) is 6.83. The maximum Gasteiger partial charge on any atom is 0.284 e. The quantitative estimate of drug-likeness (QED) is 0.663. The molecule has 0 aromatic heterocycles. The van der Waals surface area contributed by atoms with Gasteiger partial charge in [-0.05, 0) is 36.8 Å². The second-order valence-corrected chi connectivity index (χ2v) is 5.96. The molecule has 0 spiro atoms. The van der Waals surface area contributed by atoms with Crippen LogP contribution in [-0.2, 0) is 4.79 Å². The van der Waals surface area contributed by atoms with Crippen LogP contribution in [0.15, 0.2) is 58.1 Å². The predicted molar refractivity (Wildman–Crippen MR) is 90.8 cm³/mol. The summed E-state index contributed by atoms with van der Waals surface area (Å²) in [5, 5.41) is 4.12. The van der Waals surface area contributed by atoms with E-state index in [1.165, 1.54) is 0 Å². The highest BCUT2D eigenvalue weighted by Crippen LogP contribution is 2.30. The normalized spacial score (nSPS) is 16.8. The largest absolute Gasteiger partial charge is 0.485 e. The van der Waals surface area contributed by atoms with Gasteiger partial charge in [0, 0.05) is 4.47 Å². The lowest BCUT2D eigenvalue weighted by Gasteiger charge is -2.24. The third-order valence-electron chi connectivity index (χ3n) is 3.40. The molecular formula is C17H15BrN2O3. The minimum atomic E-state index is -0.716. The molecule has 23 heavy (non-hydrogen) atoms. The predicted octanol–water partition coefficient (Wildman–Crippen LogP) is 3.13. The number of hydrogen-bond acceptors (Lipinski definition) is 4. The second-order valence-electron chi connectivity index (χ2n) is 5.04. The van der Waals surface area contributed by atoms with E-state index in [4.69, 9.17) is 9.47 Å². The molecular weight excluding hydrogens is 360 g/mol. The van der Waals surface area contributed by atoms with E-state index in [1.807, 2.05) is 43.3 Å². The molecule has 0 fully saturated rings. The summed E-state index contributed by atoms with van der Waals surface area (Å²) in [4.78, 5) is 12.2. The lowest BCUT2D eigenvalue weighted by molar-refractivity contribution is -0.130. The Kier molecular flexibility index (Phi) is 4.62. The van der Waals surface area contributed by atoms with Crippen LogP contribution in [0.2, 0.25) is 0 Å². The van der Waals surface area contributed by atoms with E-state index in [1.54, 1.807) is 12.1 Å². The Morgan fingerprint density at radius 3 is 2.61 bits per heavy atom. The molecule has 3 rings (SSSR count). The monoisotopic (exact) mass is 374 g/mol. The average molecular weight is 375 g/mol. The summed E-state index contributed by atoms with van der Waals surface area (Å²) in [5.74, 6) is 0.870. The van der Waals surface area contributed by atoms with Gasteiger partial charge >= 0.3 is 0 Å². The molecule has 2 aromatic carbocycles. The summed E-state index contributed by atoms with van der Waals surface area (Å²) in [5.41, 5.74) is 4.17. The Morgan fingerprint density at radius 1 is 1.17 bits per heavy atom. The molecule has 1 amide bonds. The number of ether oxygens (including phenoxy) is 2. The highest BCUT2D eigenvalue weighted by atomic mass is 79.9. The Balaban J connectivity index is 1.63. The molecule has 0 radical (unpaired) electrons. The fraction of sp³-hybridized carbons (Fsp3) is 0.176. The van der Waals surface area contributed by atoms with Crippen LogP contribution in [0.25, 0.3) is 0 Å². The third kappa shape index (κ3) is 3.71. The van der Waals surface area contributed by atoms with E-state index in [0.717, 1.165) is 10.0 Å². The van der Waals surface area contributed by atoms with Gasteiger partial charge in [-0.1, -0.05) is 40.2 Å². The lowest BCUT2D eigenvalue weighted by Crippen LogP contribution is -2.42. The number of amides is 1. The smallest absolute Gasteiger partial charge is 0.284 e. The summed E-state index contributed by atoms with van der Waals surface area (Å²) in [6.45, 7) is 1.99. The number of nitrogens with one attached hydrogen (secondary N) is 1. The first-order chi connectivity index (χ1) is 11.1. The minimum absolute atomic E-state index is 0.162. The van der Waals surface area contributed by atoms with E-state index in [9.17, 15) is 4.79 Å². The van der Waals surface area contributed by atoms with Gasteiger partial charge in [0.15, 0.2) is 11.5 Å². The van der Waals surface area contributed by atoms with Gasteiger partial charge in [-0.3, -0.25) is 4.79 Å². The summed E-state index contributed by atoms with van der Waals surface area (Å²) in [7, 11) is 0. The number of rotatable bonds is 3. The van der Waals surface area contributed by atoms with Crippen molar-refractivity contribution in [1.29, 1.82) is 0 Å². The van der Waals surface area contributed by atoms with Crippen molar-refractivity contribution in [2.45, 2.75) is 13.0 Å². The zero-order chi connectivity index (χ0) is 16.2. The molecule has 0 saturated heterocycles. The standard InChI is InChI=1S/C17H15BrN2O3/c1-11(12-6-8-13(18)9-7-12)19-20-17(21)16-10-22-14-4-2-3-5-15(14)23-16/h2-9,16H,10H2,1H3,(H,20,21)/t16-/m1/s1. The number of nitrogens with zero attached hydrogens (tertiary/aromatic N) is 1. The SMILES string of the molecule is CC(=NNC(=O)[C@H]1COc2ccccc2O1)c1ccc(Br)cc1. The Morgan fingerprint density at radius 2 is 1.87 bits per heavy atom. The fourth-order valence-electron chi connectivity index (χ4n) is 2.12. The number of carbonyl (C=O) groups excluding carboxylic acids is 1. The summed E-state index contributed by atoms with van der Waals surface area (Å²) >= 11 is 3.38. The molecule has 2 aromatic rings. The summed E-state index contributed by atoms with van der Waals surface area (Å²) in [6, 6.07) is 14.9. The van der Waals surface area contributed by atoms with E-state index >= 15 is 0 Å². The van der Waals surface area contributed by atoms with Crippen LogP contribution in [0, 0.1) is 0 Å². The Hall–Kier alpha value is -2.34. The maximum atomic E-state index is 12.2. The number of hydrogen-bond donors (Lipinski definition) is 1. The average Bonchev–Trinajstić information content (AvgIpc) is 2.59. The van der Waals surface area contributed by atoms with Crippen LogP contribution in [0.3, 0.4) is 0 Å². The molecule has 0 saturated carbocycles. The van der Waals surface area contributed by atoms with Crippen LogP contribution in [-0.4, -0.2) is 24.3 Å². The molecule has 118 valence electrons. The molecule has 1 heterocycles. The first-order valence-corrected chi connectivity index (χ1v) is 7.91. The van der Waals surface area contributed by atoms with Gasteiger partial charge in [0.25, 0.3) is 5.91 Å². The van der Waals surface area contributed by atoms with Crippen LogP contribution < -0.4 is 14.9 Å². The van der Waals surface area contributed by atoms with Crippen LogP contribution in [0.1, 0.15) is 12.5 Å². The van der Waals surface area contributed by atoms with Gasteiger partial charge < -0.3 is 9.47 Å². The highest BCUT2D eigenvalue weighted by Gasteiger charge is 2.27. The number of carbonyl (C=O) groups is 1. The fourth-order valence-corrected chi connectivity index (χ4v) is 2.38. The number of benzene rings is 2. The molecule has 0 unspecified atom stereocenters. The number of fused-ring (bicyclic) bond motifs is 1. The summed E-state index contributed by atoms with van der Waals surface area (Å²) < 4.78 is 12.1.